The van der Waals surface area contributed by atoms with E-state index in [2.05, 4.69) is 15.2 Å². The molecule has 1 saturated carbocycles. The maximum atomic E-state index is 12.2. The van der Waals surface area contributed by atoms with Gasteiger partial charge in [0.05, 0.1) is 5.69 Å². The molecule has 114 valence electrons. The molecule has 1 aliphatic carbocycles. The number of H-pyrrole nitrogens is 1. The van der Waals surface area contributed by atoms with Crippen LogP contribution < -0.4 is 5.56 Å². The molecule has 21 heavy (non-hydrogen) atoms. The van der Waals surface area contributed by atoms with Crippen LogP contribution in [0.5, 0.6) is 0 Å². The zero-order valence-electron chi connectivity index (χ0n) is 12.1. The largest absolute Gasteiger partial charge is 0.296 e. The number of nitrogens with one attached hydrogen (secondary N) is 1. The third-order valence-electron chi connectivity index (χ3n) is 4.04. The lowest BCUT2D eigenvalue weighted by Gasteiger charge is -2.18. The molecule has 0 bridgehead atoms. The van der Waals surface area contributed by atoms with Crippen LogP contribution in [0.1, 0.15) is 44.3 Å². The molecular weight excluding hydrogens is 292 g/mol. The number of aryl methyl sites for hydroxylation is 1. The molecule has 2 aromatic rings. The highest BCUT2D eigenvalue weighted by atomic mass is 32.2. The minimum absolute atomic E-state index is 0.0401. The van der Waals surface area contributed by atoms with Crippen LogP contribution in [-0.2, 0) is 16.3 Å². The van der Waals surface area contributed by atoms with E-state index >= 15 is 0 Å². The van der Waals surface area contributed by atoms with Gasteiger partial charge in [0.2, 0.25) is 15.0 Å². The van der Waals surface area contributed by atoms with Gasteiger partial charge < -0.3 is 0 Å². The van der Waals surface area contributed by atoms with E-state index in [0.717, 1.165) is 31.9 Å². The summed E-state index contributed by atoms with van der Waals surface area (Å²) in [5, 5.41) is 7.29. The van der Waals surface area contributed by atoms with Crippen molar-refractivity contribution in [3.8, 4) is 0 Å². The Bertz CT molecular complexity index is 844. The lowest BCUT2D eigenvalue weighted by Crippen LogP contribution is -2.24. The van der Waals surface area contributed by atoms with Crippen LogP contribution in [0.15, 0.2) is 9.95 Å². The van der Waals surface area contributed by atoms with Crippen molar-refractivity contribution in [2.45, 2.75) is 50.2 Å². The molecule has 1 fully saturated rings. The molecule has 0 aliphatic heterocycles. The van der Waals surface area contributed by atoms with Gasteiger partial charge in [0.15, 0.2) is 5.65 Å². The maximum Gasteiger partial charge on any atom is 0.285 e. The number of hydrogen-bond donors (Lipinski definition) is 1. The quantitative estimate of drug-likeness (QED) is 0.859. The van der Waals surface area contributed by atoms with Crippen LogP contribution in [0.2, 0.25) is 0 Å². The van der Waals surface area contributed by atoms with Crippen LogP contribution in [0, 0.1) is 0 Å². The number of aromatic nitrogens is 4. The highest BCUT2D eigenvalue weighted by molar-refractivity contribution is 7.90. The standard InChI is InChI=1S/C13H18N4O3S/c1-3-9-10-11(16-15-9)17(8-6-4-5-7-8)13(14-12(10)18)21(2,19)20/h8H,3-7H2,1-2H3,(H,15,16). The number of rotatable bonds is 3. The van der Waals surface area contributed by atoms with Gasteiger partial charge in [-0.15, -0.1) is 0 Å². The molecule has 0 saturated heterocycles. The van der Waals surface area contributed by atoms with Gasteiger partial charge in [0, 0.05) is 12.3 Å². The number of fused-ring (bicyclic) bond motifs is 1. The summed E-state index contributed by atoms with van der Waals surface area (Å²) >= 11 is 0. The number of hydrogen-bond acceptors (Lipinski definition) is 5. The summed E-state index contributed by atoms with van der Waals surface area (Å²) in [6, 6.07) is 0.0401. The first-order valence-corrected chi connectivity index (χ1v) is 9.02. The van der Waals surface area contributed by atoms with Gasteiger partial charge in [0.25, 0.3) is 5.56 Å². The van der Waals surface area contributed by atoms with Crippen molar-refractivity contribution in [1.82, 2.24) is 19.7 Å². The Hall–Kier alpha value is -1.70. The molecule has 0 atom stereocenters. The fraction of sp³-hybridized carbons (Fsp3) is 0.615. The van der Waals surface area contributed by atoms with Gasteiger partial charge in [-0.3, -0.25) is 14.5 Å². The van der Waals surface area contributed by atoms with Crippen molar-refractivity contribution >= 4 is 20.9 Å². The van der Waals surface area contributed by atoms with E-state index < -0.39 is 15.4 Å². The summed E-state index contributed by atoms with van der Waals surface area (Å²) in [4.78, 5) is 16.1. The van der Waals surface area contributed by atoms with Crippen molar-refractivity contribution in [2.75, 3.05) is 6.26 Å². The van der Waals surface area contributed by atoms with Gasteiger partial charge in [0.1, 0.15) is 5.39 Å². The topological polar surface area (TPSA) is 97.7 Å². The van der Waals surface area contributed by atoms with E-state index in [0.29, 0.717) is 23.1 Å². The molecule has 1 aliphatic rings. The first-order valence-electron chi connectivity index (χ1n) is 7.13. The third-order valence-corrected chi connectivity index (χ3v) is 4.99. The Morgan fingerprint density at radius 1 is 1.33 bits per heavy atom. The molecule has 8 heteroatoms. The summed E-state index contributed by atoms with van der Waals surface area (Å²) in [7, 11) is -3.58. The van der Waals surface area contributed by atoms with E-state index in [1.807, 2.05) is 6.92 Å². The molecule has 2 heterocycles. The minimum Gasteiger partial charge on any atom is -0.296 e. The van der Waals surface area contributed by atoms with Gasteiger partial charge in [-0.25, -0.2) is 8.42 Å². The molecule has 1 N–H and O–H groups in total. The minimum atomic E-state index is -3.58. The molecule has 7 nitrogen and oxygen atoms in total. The summed E-state index contributed by atoms with van der Waals surface area (Å²) in [6.07, 6.45) is 5.57. The Labute approximate surface area is 122 Å². The summed E-state index contributed by atoms with van der Waals surface area (Å²) in [5.74, 6) is 0. The molecule has 0 unspecified atom stereocenters. The molecule has 0 aromatic carbocycles. The predicted octanol–water partition coefficient (Wildman–Crippen LogP) is 1.20. The van der Waals surface area contributed by atoms with E-state index in [9.17, 15) is 13.2 Å². The van der Waals surface area contributed by atoms with Crippen molar-refractivity contribution < 1.29 is 8.42 Å². The molecule has 0 spiro atoms. The lowest BCUT2D eigenvalue weighted by atomic mass is 10.2. The zero-order valence-corrected chi connectivity index (χ0v) is 12.9. The molecule has 0 amide bonds. The normalized spacial score (nSPS) is 16.9. The monoisotopic (exact) mass is 310 g/mol. The molecule has 3 rings (SSSR count). The first kappa shape index (κ1) is 14.2. The van der Waals surface area contributed by atoms with Crippen molar-refractivity contribution in [3.05, 3.63) is 16.0 Å². The van der Waals surface area contributed by atoms with Crippen molar-refractivity contribution in [3.63, 3.8) is 0 Å². The summed E-state index contributed by atoms with van der Waals surface area (Å²) < 4.78 is 25.7. The second-order valence-corrected chi connectivity index (χ2v) is 7.44. The highest BCUT2D eigenvalue weighted by Crippen LogP contribution is 2.33. The predicted molar refractivity (Wildman–Crippen MR) is 78.1 cm³/mol. The van der Waals surface area contributed by atoms with E-state index in [1.165, 1.54) is 0 Å². The summed E-state index contributed by atoms with van der Waals surface area (Å²) in [6.45, 7) is 1.91. The van der Waals surface area contributed by atoms with Crippen LogP contribution in [0.4, 0.5) is 0 Å². The van der Waals surface area contributed by atoms with E-state index in [4.69, 9.17) is 0 Å². The van der Waals surface area contributed by atoms with Gasteiger partial charge in [-0.2, -0.15) is 10.1 Å². The zero-order chi connectivity index (χ0) is 15.2. The van der Waals surface area contributed by atoms with E-state index in [-0.39, 0.29) is 11.2 Å². The fourth-order valence-corrected chi connectivity index (χ4v) is 3.90. The van der Waals surface area contributed by atoms with Gasteiger partial charge >= 0.3 is 0 Å². The average Bonchev–Trinajstić information content (AvgIpc) is 3.06. The number of nitrogens with zero attached hydrogens (tertiary/aromatic N) is 3. The van der Waals surface area contributed by atoms with Gasteiger partial charge in [-0.05, 0) is 19.3 Å². The Kier molecular flexibility index (Phi) is 3.35. The Morgan fingerprint density at radius 2 is 2.00 bits per heavy atom. The third kappa shape index (κ3) is 2.27. The SMILES string of the molecule is CCc1[nH]nc2c1c(=O)nc(S(C)(=O)=O)n2C1CCCC1. The molecule has 0 radical (unpaired) electrons. The first-order chi connectivity index (χ1) is 9.93. The van der Waals surface area contributed by atoms with Crippen LogP contribution in [0.3, 0.4) is 0 Å². The number of aromatic amines is 1. The molecular formula is C13H18N4O3S. The average molecular weight is 310 g/mol. The van der Waals surface area contributed by atoms with Crippen molar-refractivity contribution in [2.24, 2.45) is 0 Å². The number of sulfone groups is 1. The maximum absolute atomic E-state index is 12.2. The second-order valence-electron chi connectivity index (χ2n) is 5.53. The fourth-order valence-electron chi connectivity index (χ4n) is 3.06. The van der Waals surface area contributed by atoms with Crippen LogP contribution >= 0.6 is 0 Å². The van der Waals surface area contributed by atoms with E-state index in [1.54, 1.807) is 4.57 Å². The summed E-state index contributed by atoms with van der Waals surface area (Å²) in [5.41, 5.74) is 0.596. The lowest BCUT2D eigenvalue weighted by molar-refractivity contribution is 0.466. The highest BCUT2D eigenvalue weighted by Gasteiger charge is 2.28. The van der Waals surface area contributed by atoms with Gasteiger partial charge in [-0.1, -0.05) is 19.8 Å². The Morgan fingerprint density at radius 3 is 2.57 bits per heavy atom. The van der Waals surface area contributed by atoms with Crippen LogP contribution in [-0.4, -0.2) is 34.4 Å². The van der Waals surface area contributed by atoms with Crippen LogP contribution in [0.25, 0.3) is 11.0 Å². The van der Waals surface area contributed by atoms with Crippen molar-refractivity contribution in [1.29, 1.82) is 0 Å². The Balaban J connectivity index is 2.41. The smallest absolute Gasteiger partial charge is 0.285 e. The second kappa shape index (κ2) is 4.94. The molecule has 2 aromatic heterocycles.